The van der Waals surface area contributed by atoms with Crippen LogP contribution >= 0.6 is 11.6 Å². The molecule has 4 nitrogen and oxygen atoms in total. The van der Waals surface area contributed by atoms with E-state index in [1.807, 2.05) is 0 Å². The molecule has 1 aliphatic rings. The van der Waals surface area contributed by atoms with Gasteiger partial charge in [-0.15, -0.1) is 0 Å². The predicted octanol–water partition coefficient (Wildman–Crippen LogP) is 5.75. The standard InChI is InChI=1S/C21H14ClF4NO3S/c22-20-16(5-2-6-17(20)23)13-7-8-19-18(11-13)27(9-10-30-19)31(28,29)15-4-1-3-14(12-15)21(24,25)26/h1-8,11-12H,9-10H2. The molecular weight excluding hydrogens is 458 g/mol. The van der Waals surface area contributed by atoms with Crippen LogP contribution in [0.1, 0.15) is 5.56 Å². The second-order valence-electron chi connectivity index (χ2n) is 6.74. The molecule has 0 aliphatic carbocycles. The number of anilines is 1. The van der Waals surface area contributed by atoms with E-state index in [9.17, 15) is 26.0 Å². The van der Waals surface area contributed by atoms with E-state index in [0.717, 1.165) is 22.5 Å². The fraction of sp³-hybridized carbons (Fsp3) is 0.143. The molecule has 0 spiro atoms. The molecule has 0 saturated heterocycles. The lowest BCUT2D eigenvalue weighted by atomic mass is 10.0. The van der Waals surface area contributed by atoms with E-state index in [0.29, 0.717) is 17.2 Å². The number of fused-ring (bicyclic) bond motifs is 1. The summed E-state index contributed by atoms with van der Waals surface area (Å²) in [5.41, 5.74) is -0.173. The minimum atomic E-state index is -4.68. The highest BCUT2D eigenvalue weighted by Gasteiger charge is 2.35. The second kappa shape index (κ2) is 7.72. The average molecular weight is 472 g/mol. The average Bonchev–Trinajstić information content (AvgIpc) is 2.74. The van der Waals surface area contributed by atoms with E-state index >= 15 is 0 Å². The first-order chi connectivity index (χ1) is 14.6. The molecular formula is C21H14ClF4NO3S. The fourth-order valence-corrected chi connectivity index (χ4v) is 5.03. The van der Waals surface area contributed by atoms with Gasteiger partial charge in [-0.1, -0.05) is 35.9 Å². The molecule has 0 saturated carbocycles. The molecule has 1 heterocycles. The van der Waals surface area contributed by atoms with Crippen molar-refractivity contribution in [1.29, 1.82) is 0 Å². The Morgan fingerprint density at radius 1 is 1.00 bits per heavy atom. The molecule has 0 N–H and O–H groups in total. The number of sulfonamides is 1. The Morgan fingerprint density at radius 3 is 2.48 bits per heavy atom. The van der Waals surface area contributed by atoms with Gasteiger partial charge in [-0.3, -0.25) is 4.31 Å². The summed E-state index contributed by atoms with van der Waals surface area (Å²) in [7, 11) is -4.33. The van der Waals surface area contributed by atoms with Gasteiger partial charge in [0.25, 0.3) is 10.0 Å². The highest BCUT2D eigenvalue weighted by Crippen LogP contribution is 2.41. The topological polar surface area (TPSA) is 46.6 Å². The zero-order chi connectivity index (χ0) is 22.4. The Bertz CT molecular complexity index is 1260. The molecule has 162 valence electrons. The number of ether oxygens (including phenoxy) is 1. The van der Waals surface area contributed by atoms with Crippen LogP contribution in [0.4, 0.5) is 23.2 Å². The first-order valence-electron chi connectivity index (χ1n) is 9.00. The third-order valence-electron chi connectivity index (χ3n) is 4.79. The highest BCUT2D eigenvalue weighted by molar-refractivity contribution is 7.92. The van der Waals surface area contributed by atoms with Crippen molar-refractivity contribution in [3.8, 4) is 16.9 Å². The van der Waals surface area contributed by atoms with Crippen LogP contribution in [-0.4, -0.2) is 21.6 Å². The highest BCUT2D eigenvalue weighted by atomic mass is 35.5. The van der Waals surface area contributed by atoms with Gasteiger partial charge in [0.15, 0.2) is 0 Å². The van der Waals surface area contributed by atoms with Crippen LogP contribution in [0.25, 0.3) is 11.1 Å². The quantitative estimate of drug-likeness (QED) is 0.457. The van der Waals surface area contributed by atoms with E-state index in [-0.39, 0.29) is 29.6 Å². The van der Waals surface area contributed by atoms with Crippen LogP contribution in [0.2, 0.25) is 5.02 Å². The molecule has 3 aromatic carbocycles. The lowest BCUT2D eigenvalue weighted by Crippen LogP contribution is -2.38. The van der Waals surface area contributed by atoms with Crippen molar-refractivity contribution in [2.75, 3.05) is 17.5 Å². The lowest BCUT2D eigenvalue weighted by Gasteiger charge is -2.31. The molecule has 0 fully saturated rings. The van der Waals surface area contributed by atoms with Gasteiger partial charge in [-0.2, -0.15) is 13.2 Å². The maximum absolute atomic E-state index is 13.9. The molecule has 1 aliphatic heterocycles. The van der Waals surface area contributed by atoms with E-state index < -0.39 is 32.5 Å². The van der Waals surface area contributed by atoms with Gasteiger partial charge < -0.3 is 4.74 Å². The normalized spacial score (nSPS) is 14.2. The Hall–Kier alpha value is -2.78. The van der Waals surface area contributed by atoms with E-state index in [4.69, 9.17) is 16.3 Å². The Balaban J connectivity index is 1.82. The third kappa shape index (κ3) is 3.95. The van der Waals surface area contributed by atoms with Crippen molar-refractivity contribution in [3.05, 3.63) is 77.1 Å². The van der Waals surface area contributed by atoms with Crippen molar-refractivity contribution in [2.45, 2.75) is 11.1 Å². The SMILES string of the molecule is O=S(=O)(c1cccc(C(F)(F)F)c1)N1CCOc2ccc(-c3cccc(F)c3Cl)cc21. The Kier molecular flexibility index (Phi) is 5.35. The number of nitrogens with zero attached hydrogens (tertiary/aromatic N) is 1. The molecule has 10 heteroatoms. The molecule has 0 atom stereocenters. The molecule has 0 bridgehead atoms. The van der Waals surface area contributed by atoms with Gasteiger partial charge >= 0.3 is 6.18 Å². The molecule has 4 rings (SSSR count). The molecule has 0 amide bonds. The lowest BCUT2D eigenvalue weighted by molar-refractivity contribution is -0.137. The first-order valence-corrected chi connectivity index (χ1v) is 10.8. The van der Waals surface area contributed by atoms with Gasteiger partial charge in [0, 0.05) is 5.56 Å². The van der Waals surface area contributed by atoms with Gasteiger partial charge in [0.1, 0.15) is 18.2 Å². The summed E-state index contributed by atoms with van der Waals surface area (Å²) in [6, 6.07) is 12.3. The smallest absolute Gasteiger partial charge is 0.416 e. The second-order valence-corrected chi connectivity index (χ2v) is 8.98. The Labute approximate surface area is 180 Å². The molecule has 0 radical (unpaired) electrons. The molecule has 31 heavy (non-hydrogen) atoms. The summed E-state index contributed by atoms with van der Waals surface area (Å²) in [6.07, 6.45) is -4.68. The van der Waals surface area contributed by atoms with Crippen molar-refractivity contribution in [3.63, 3.8) is 0 Å². The maximum atomic E-state index is 13.9. The largest absolute Gasteiger partial charge is 0.489 e. The zero-order valence-electron chi connectivity index (χ0n) is 15.7. The summed E-state index contributed by atoms with van der Waals surface area (Å²) < 4.78 is 86.0. The van der Waals surface area contributed by atoms with Crippen LogP contribution < -0.4 is 9.04 Å². The van der Waals surface area contributed by atoms with E-state index in [1.54, 1.807) is 12.1 Å². The van der Waals surface area contributed by atoms with Crippen molar-refractivity contribution < 1.29 is 30.7 Å². The fourth-order valence-electron chi connectivity index (χ4n) is 3.30. The van der Waals surface area contributed by atoms with Crippen molar-refractivity contribution >= 4 is 27.3 Å². The van der Waals surface area contributed by atoms with Crippen molar-refractivity contribution in [2.24, 2.45) is 0 Å². The number of hydrogen-bond acceptors (Lipinski definition) is 3. The van der Waals surface area contributed by atoms with Crippen LogP contribution in [-0.2, 0) is 16.2 Å². The van der Waals surface area contributed by atoms with Gasteiger partial charge in [-0.25, -0.2) is 12.8 Å². The summed E-state index contributed by atoms with van der Waals surface area (Å²) in [5.74, 6) is -0.403. The van der Waals surface area contributed by atoms with Crippen LogP contribution in [0, 0.1) is 5.82 Å². The van der Waals surface area contributed by atoms with Crippen LogP contribution in [0.5, 0.6) is 5.75 Å². The summed E-state index contributed by atoms with van der Waals surface area (Å²) in [6.45, 7) is -0.0861. The number of benzene rings is 3. The monoisotopic (exact) mass is 471 g/mol. The third-order valence-corrected chi connectivity index (χ3v) is 6.98. The molecule has 0 aromatic heterocycles. The molecule has 3 aromatic rings. The number of rotatable bonds is 3. The number of alkyl halides is 3. The predicted molar refractivity (Wildman–Crippen MR) is 108 cm³/mol. The number of halogens is 5. The van der Waals surface area contributed by atoms with E-state index in [2.05, 4.69) is 0 Å². The summed E-state index contributed by atoms with van der Waals surface area (Å²) in [4.78, 5) is -0.496. The van der Waals surface area contributed by atoms with Gasteiger partial charge in [0.05, 0.1) is 27.7 Å². The minimum absolute atomic E-state index is 0.0191. The van der Waals surface area contributed by atoms with Gasteiger partial charge in [0.2, 0.25) is 0 Å². The first kappa shape index (κ1) is 21.5. The van der Waals surface area contributed by atoms with Crippen molar-refractivity contribution in [1.82, 2.24) is 0 Å². The Morgan fingerprint density at radius 2 is 1.74 bits per heavy atom. The zero-order valence-corrected chi connectivity index (χ0v) is 17.2. The summed E-state index contributed by atoms with van der Waals surface area (Å²) >= 11 is 6.05. The minimum Gasteiger partial charge on any atom is -0.489 e. The number of hydrogen-bond donors (Lipinski definition) is 0. The summed E-state index contributed by atoms with van der Waals surface area (Å²) in [5, 5.41) is -0.133. The van der Waals surface area contributed by atoms with Crippen LogP contribution in [0.3, 0.4) is 0 Å². The molecule has 0 unspecified atom stereocenters. The van der Waals surface area contributed by atoms with Crippen LogP contribution in [0.15, 0.2) is 65.6 Å². The van der Waals surface area contributed by atoms with Gasteiger partial charge in [-0.05, 0) is 42.0 Å². The van der Waals surface area contributed by atoms with E-state index in [1.165, 1.54) is 24.3 Å². The maximum Gasteiger partial charge on any atom is 0.416 e.